The zero-order valence-electron chi connectivity index (χ0n) is 17.3. The smallest absolute Gasteiger partial charge is 0.263 e. The van der Waals surface area contributed by atoms with Crippen LogP contribution in [-0.2, 0) is 14.4 Å². The molecule has 164 valence electrons. The van der Waals surface area contributed by atoms with Crippen LogP contribution in [0.2, 0.25) is 5.02 Å². The number of amides is 3. The third-order valence-electron chi connectivity index (χ3n) is 5.52. The predicted octanol–water partition coefficient (Wildman–Crippen LogP) is 4.00. The molecular weight excluding hydrogens is 442 g/mol. The van der Waals surface area contributed by atoms with Gasteiger partial charge in [-0.2, -0.15) is 5.11 Å². The van der Waals surface area contributed by atoms with Crippen molar-refractivity contribution in [3.05, 3.63) is 90.0 Å². The summed E-state index contributed by atoms with van der Waals surface area (Å²) in [5.41, 5.74) is 1.76. The van der Waals surface area contributed by atoms with E-state index in [9.17, 15) is 14.4 Å². The van der Waals surface area contributed by atoms with Gasteiger partial charge in [-0.25, -0.2) is 4.90 Å². The van der Waals surface area contributed by atoms with Gasteiger partial charge < -0.3 is 0 Å². The number of carbonyl (C=O) groups excluding carboxylic acids is 3. The fraction of sp³-hybridized carbons (Fsp3) is 0.125. The van der Waals surface area contributed by atoms with Crippen LogP contribution in [0.4, 0.5) is 17.1 Å². The summed E-state index contributed by atoms with van der Waals surface area (Å²) in [6.07, 6.45) is 0. The summed E-state index contributed by atoms with van der Waals surface area (Å²) in [6.45, 7) is -0.220. The lowest BCUT2D eigenvalue weighted by molar-refractivity contribution is -0.124. The molecule has 0 aliphatic carbocycles. The van der Waals surface area contributed by atoms with Crippen LogP contribution in [-0.4, -0.2) is 41.4 Å². The molecule has 0 unspecified atom stereocenters. The van der Waals surface area contributed by atoms with Gasteiger partial charge in [0.05, 0.1) is 5.69 Å². The number of nitrogens with zero attached hydrogens (tertiary/aromatic N) is 5. The SMILES string of the molecule is O=C1[C@@H]2N=NN(CC(=O)N(c3ccccc3)c3ccccc3)[C@H]2C(=O)N1c1ccc(Cl)cc1. The van der Waals surface area contributed by atoms with Gasteiger partial charge >= 0.3 is 0 Å². The summed E-state index contributed by atoms with van der Waals surface area (Å²) >= 11 is 5.93. The number of hydrogen-bond acceptors (Lipinski definition) is 6. The fourth-order valence-electron chi connectivity index (χ4n) is 4.00. The van der Waals surface area contributed by atoms with Crippen molar-refractivity contribution < 1.29 is 14.4 Å². The third kappa shape index (κ3) is 3.74. The lowest BCUT2D eigenvalue weighted by atomic mass is 10.1. The van der Waals surface area contributed by atoms with Gasteiger partial charge in [0.1, 0.15) is 6.54 Å². The Balaban J connectivity index is 1.41. The Labute approximate surface area is 194 Å². The van der Waals surface area contributed by atoms with E-state index in [2.05, 4.69) is 10.3 Å². The van der Waals surface area contributed by atoms with Gasteiger partial charge in [-0.3, -0.25) is 24.3 Å². The number of hydrogen-bond donors (Lipinski definition) is 0. The molecule has 1 saturated heterocycles. The van der Waals surface area contributed by atoms with Gasteiger partial charge in [0, 0.05) is 16.4 Å². The van der Waals surface area contributed by atoms with Crippen molar-refractivity contribution in [1.82, 2.24) is 5.01 Å². The summed E-state index contributed by atoms with van der Waals surface area (Å²) < 4.78 is 0. The molecule has 0 aromatic heterocycles. The van der Waals surface area contributed by atoms with Crippen molar-refractivity contribution in [1.29, 1.82) is 0 Å². The second-order valence-electron chi connectivity index (χ2n) is 7.58. The Hall–Kier alpha value is -4.04. The molecule has 2 aliphatic heterocycles. The molecule has 9 heteroatoms. The predicted molar refractivity (Wildman–Crippen MR) is 123 cm³/mol. The van der Waals surface area contributed by atoms with Crippen LogP contribution < -0.4 is 9.80 Å². The van der Waals surface area contributed by atoms with Gasteiger partial charge in [0.15, 0.2) is 12.1 Å². The van der Waals surface area contributed by atoms with Crippen LogP contribution in [0.5, 0.6) is 0 Å². The first-order chi connectivity index (χ1) is 16.0. The minimum absolute atomic E-state index is 0.220. The van der Waals surface area contributed by atoms with Crippen molar-refractivity contribution in [3.63, 3.8) is 0 Å². The number of fused-ring (bicyclic) bond motifs is 1. The average molecular weight is 460 g/mol. The second kappa shape index (κ2) is 8.48. The topological polar surface area (TPSA) is 85.6 Å². The first-order valence-corrected chi connectivity index (χ1v) is 10.7. The highest BCUT2D eigenvalue weighted by Crippen LogP contribution is 2.33. The second-order valence-corrected chi connectivity index (χ2v) is 8.02. The number of carbonyl (C=O) groups is 3. The molecule has 0 radical (unpaired) electrons. The number of anilines is 3. The maximum atomic E-state index is 13.4. The van der Waals surface area contributed by atoms with E-state index in [0.717, 1.165) is 4.90 Å². The Kier molecular flexibility index (Phi) is 5.35. The van der Waals surface area contributed by atoms with E-state index in [1.54, 1.807) is 29.2 Å². The van der Waals surface area contributed by atoms with Crippen molar-refractivity contribution in [2.45, 2.75) is 12.1 Å². The molecule has 8 nitrogen and oxygen atoms in total. The molecule has 33 heavy (non-hydrogen) atoms. The minimum atomic E-state index is -0.983. The van der Waals surface area contributed by atoms with Crippen molar-refractivity contribution in [2.75, 3.05) is 16.3 Å². The van der Waals surface area contributed by atoms with Gasteiger partial charge in [-0.15, -0.1) is 0 Å². The van der Waals surface area contributed by atoms with E-state index in [1.165, 1.54) is 5.01 Å². The van der Waals surface area contributed by atoms with E-state index < -0.39 is 23.9 Å². The van der Waals surface area contributed by atoms with Gasteiger partial charge in [-0.1, -0.05) is 53.2 Å². The molecule has 0 N–H and O–H groups in total. The lowest BCUT2D eigenvalue weighted by Crippen LogP contribution is -2.44. The maximum absolute atomic E-state index is 13.4. The molecule has 0 spiro atoms. The van der Waals surface area contributed by atoms with Gasteiger partial charge in [0.25, 0.3) is 17.7 Å². The largest absolute Gasteiger partial charge is 0.279 e. The highest BCUT2D eigenvalue weighted by Gasteiger charge is 2.55. The quantitative estimate of drug-likeness (QED) is 0.540. The Morgan fingerprint density at radius 3 is 2.00 bits per heavy atom. The summed E-state index contributed by atoms with van der Waals surface area (Å²) in [6, 6.07) is 22.8. The highest BCUT2D eigenvalue weighted by atomic mass is 35.5. The Bertz CT molecular complexity index is 1190. The third-order valence-corrected chi connectivity index (χ3v) is 5.77. The van der Waals surface area contributed by atoms with E-state index in [0.29, 0.717) is 22.1 Å². The zero-order chi connectivity index (χ0) is 22.9. The van der Waals surface area contributed by atoms with Gasteiger partial charge in [-0.05, 0) is 48.5 Å². The number of halogens is 1. The van der Waals surface area contributed by atoms with Crippen LogP contribution in [0.25, 0.3) is 0 Å². The zero-order valence-corrected chi connectivity index (χ0v) is 18.0. The van der Waals surface area contributed by atoms with Crippen LogP contribution in [0.3, 0.4) is 0 Å². The highest BCUT2D eigenvalue weighted by molar-refractivity contribution is 6.31. The molecular formula is C24H18ClN5O3. The molecule has 1 fully saturated rings. The fourth-order valence-corrected chi connectivity index (χ4v) is 4.12. The molecule has 5 rings (SSSR count). The van der Waals surface area contributed by atoms with E-state index in [-0.39, 0.29) is 12.5 Å². The number of benzene rings is 3. The summed E-state index contributed by atoms with van der Waals surface area (Å²) in [7, 11) is 0. The first kappa shape index (κ1) is 20.8. The summed E-state index contributed by atoms with van der Waals surface area (Å²) in [5.74, 6) is -1.26. The lowest BCUT2D eigenvalue weighted by Gasteiger charge is -2.26. The number of imide groups is 1. The van der Waals surface area contributed by atoms with Crippen molar-refractivity contribution in [2.24, 2.45) is 10.3 Å². The Morgan fingerprint density at radius 1 is 0.848 bits per heavy atom. The normalized spacial score (nSPS) is 19.2. The molecule has 2 heterocycles. The molecule has 0 bridgehead atoms. The van der Waals surface area contributed by atoms with Crippen LogP contribution in [0.1, 0.15) is 0 Å². The van der Waals surface area contributed by atoms with Crippen molar-refractivity contribution >= 4 is 46.4 Å². The minimum Gasteiger partial charge on any atom is -0.279 e. The molecule has 2 atom stereocenters. The van der Waals surface area contributed by atoms with Crippen LogP contribution >= 0.6 is 11.6 Å². The number of rotatable bonds is 5. The van der Waals surface area contributed by atoms with Gasteiger partial charge in [0.2, 0.25) is 0 Å². The molecule has 3 aromatic rings. The van der Waals surface area contributed by atoms with E-state index in [4.69, 9.17) is 11.6 Å². The van der Waals surface area contributed by atoms with E-state index in [1.807, 2.05) is 60.7 Å². The van der Waals surface area contributed by atoms with Crippen molar-refractivity contribution in [3.8, 4) is 0 Å². The maximum Gasteiger partial charge on any atom is 0.263 e. The number of para-hydroxylation sites is 2. The molecule has 3 amide bonds. The monoisotopic (exact) mass is 459 g/mol. The average Bonchev–Trinajstić information content (AvgIpc) is 3.35. The molecule has 2 aliphatic rings. The summed E-state index contributed by atoms with van der Waals surface area (Å²) in [4.78, 5) is 42.1. The van der Waals surface area contributed by atoms with E-state index >= 15 is 0 Å². The standard InChI is InChI=1S/C24H18ClN5O3/c25-16-11-13-19(14-12-16)30-23(32)21-22(24(30)33)28(27-26-21)15-20(31)29(17-7-3-1-4-8-17)18-9-5-2-6-10-18/h1-14,21-22H,15H2/t21-,22-/m1/s1. The van der Waals surface area contributed by atoms with Crippen LogP contribution in [0, 0.1) is 0 Å². The molecule has 0 saturated carbocycles. The summed E-state index contributed by atoms with van der Waals surface area (Å²) in [5, 5.41) is 9.78. The Morgan fingerprint density at radius 2 is 1.42 bits per heavy atom. The van der Waals surface area contributed by atoms with Crippen LogP contribution in [0.15, 0.2) is 95.3 Å². The first-order valence-electron chi connectivity index (χ1n) is 10.3. The molecule has 3 aromatic carbocycles.